The van der Waals surface area contributed by atoms with E-state index >= 15 is 0 Å². The summed E-state index contributed by atoms with van der Waals surface area (Å²) in [4.78, 5) is 4.55. The van der Waals surface area contributed by atoms with Gasteiger partial charge >= 0.3 is 0 Å². The van der Waals surface area contributed by atoms with Crippen molar-refractivity contribution in [1.29, 1.82) is 0 Å². The maximum absolute atomic E-state index is 13.3. The van der Waals surface area contributed by atoms with Gasteiger partial charge in [0, 0.05) is 12.3 Å². The van der Waals surface area contributed by atoms with Crippen molar-refractivity contribution in [3.05, 3.63) is 88.9 Å². The van der Waals surface area contributed by atoms with Crippen LogP contribution in [0.15, 0.2) is 72.0 Å². The Bertz CT molecular complexity index is 1290. The van der Waals surface area contributed by atoms with E-state index in [2.05, 4.69) is 16.6 Å². The molecule has 1 N–H and O–H groups in total. The van der Waals surface area contributed by atoms with Crippen LogP contribution in [0.1, 0.15) is 36.6 Å². The van der Waals surface area contributed by atoms with Crippen molar-refractivity contribution < 1.29 is 13.2 Å². The number of aryl methyl sites for hydroxylation is 2. The van der Waals surface area contributed by atoms with Gasteiger partial charge in [-0.15, -0.1) is 0 Å². The predicted molar refractivity (Wildman–Crippen MR) is 129 cm³/mol. The molecule has 0 atom stereocenters. The van der Waals surface area contributed by atoms with Crippen LogP contribution in [-0.4, -0.2) is 25.1 Å². The number of allylic oxidation sites excluding steroid dienone is 3. The number of aromatic nitrogens is 2. The van der Waals surface area contributed by atoms with Crippen LogP contribution in [0, 0.1) is 6.92 Å². The third kappa shape index (κ3) is 4.48. The van der Waals surface area contributed by atoms with Crippen molar-refractivity contribution in [1.82, 2.24) is 9.55 Å². The van der Waals surface area contributed by atoms with Gasteiger partial charge in [-0.3, -0.25) is 4.72 Å². The van der Waals surface area contributed by atoms with Crippen LogP contribution in [0.5, 0.6) is 5.75 Å². The van der Waals surface area contributed by atoms with Gasteiger partial charge in [0.15, 0.2) is 0 Å². The van der Waals surface area contributed by atoms with Crippen LogP contribution in [0.4, 0.5) is 5.69 Å². The first-order valence-electron chi connectivity index (χ1n) is 10.6. The molecule has 0 unspecified atom stereocenters. The topological polar surface area (TPSA) is 73.2 Å². The van der Waals surface area contributed by atoms with E-state index in [0.717, 1.165) is 35.4 Å². The van der Waals surface area contributed by atoms with E-state index < -0.39 is 10.0 Å². The summed E-state index contributed by atoms with van der Waals surface area (Å²) in [5.41, 5.74) is 4.97. The lowest BCUT2D eigenvalue weighted by molar-refractivity contribution is 0.413. The van der Waals surface area contributed by atoms with Crippen molar-refractivity contribution in [2.45, 2.75) is 33.1 Å². The molecule has 166 valence electrons. The van der Waals surface area contributed by atoms with Gasteiger partial charge in [-0.1, -0.05) is 43.3 Å². The molecule has 0 saturated heterocycles. The minimum Gasteiger partial charge on any atom is -0.494 e. The van der Waals surface area contributed by atoms with Gasteiger partial charge in [0.2, 0.25) is 0 Å². The van der Waals surface area contributed by atoms with Gasteiger partial charge in [0.25, 0.3) is 10.0 Å². The molecule has 1 aliphatic rings. The second-order valence-electron chi connectivity index (χ2n) is 7.73. The summed E-state index contributed by atoms with van der Waals surface area (Å²) in [5, 5.41) is 0. The number of sulfonamides is 1. The largest absolute Gasteiger partial charge is 0.494 e. The molecule has 3 aromatic rings. The normalized spacial score (nSPS) is 14.0. The monoisotopic (exact) mass is 449 g/mol. The number of imidazole rings is 1. The number of nitrogens with one attached hydrogen (secondary N) is 1. The fourth-order valence-electron chi connectivity index (χ4n) is 3.80. The van der Waals surface area contributed by atoms with Gasteiger partial charge in [-0.25, -0.2) is 13.4 Å². The summed E-state index contributed by atoms with van der Waals surface area (Å²) < 4.78 is 36.8. The van der Waals surface area contributed by atoms with Crippen molar-refractivity contribution in [3.8, 4) is 11.4 Å². The van der Waals surface area contributed by atoms with E-state index in [1.807, 2.05) is 54.1 Å². The molecule has 1 aliphatic carbocycles. The first-order valence-corrected chi connectivity index (χ1v) is 12.1. The third-order valence-corrected chi connectivity index (χ3v) is 6.96. The highest BCUT2D eigenvalue weighted by atomic mass is 32.2. The summed E-state index contributed by atoms with van der Waals surface area (Å²) in [6.07, 6.45) is 9.83. The molecule has 0 spiro atoms. The minimum atomic E-state index is -3.78. The lowest BCUT2D eigenvalue weighted by Gasteiger charge is -2.19. The number of benzene rings is 2. The van der Waals surface area contributed by atoms with E-state index in [4.69, 9.17) is 4.74 Å². The molecule has 7 heteroatoms. The van der Waals surface area contributed by atoms with E-state index in [1.54, 1.807) is 31.6 Å². The predicted octanol–water partition coefficient (Wildman–Crippen LogP) is 5.25. The van der Waals surface area contributed by atoms with Crippen LogP contribution in [-0.2, 0) is 16.4 Å². The zero-order chi connectivity index (χ0) is 22.7. The fraction of sp³-hybridized carbons (Fsp3) is 0.240. The maximum atomic E-state index is 13.3. The van der Waals surface area contributed by atoms with E-state index in [1.165, 1.54) is 5.56 Å². The minimum absolute atomic E-state index is 0.307. The molecule has 0 fully saturated rings. The van der Waals surface area contributed by atoms with E-state index in [0.29, 0.717) is 22.8 Å². The Labute approximate surface area is 189 Å². The van der Waals surface area contributed by atoms with Crippen LogP contribution in [0.25, 0.3) is 11.3 Å². The molecular weight excluding hydrogens is 422 g/mol. The van der Waals surface area contributed by atoms with Gasteiger partial charge in [-0.2, -0.15) is 0 Å². The maximum Gasteiger partial charge on any atom is 0.262 e. The fourth-order valence-corrected chi connectivity index (χ4v) is 5.18. The molecule has 0 saturated carbocycles. The molecule has 6 nitrogen and oxygen atoms in total. The van der Waals surface area contributed by atoms with Gasteiger partial charge in [-0.05, 0) is 55.0 Å². The van der Waals surface area contributed by atoms with Crippen molar-refractivity contribution >= 4 is 21.3 Å². The smallest absolute Gasteiger partial charge is 0.262 e. The Morgan fingerprint density at radius 1 is 1.09 bits per heavy atom. The van der Waals surface area contributed by atoms with Crippen LogP contribution >= 0.6 is 0 Å². The molecule has 0 aliphatic heterocycles. The highest BCUT2D eigenvalue weighted by Gasteiger charge is 2.25. The standard InChI is InChI=1S/C25H27N3O3S/c1-4-19-9-11-20(12-10-19)22-7-5-6-8-25(22)32(29,30)27-21-13-14-23(24(15-21)31-3)28-16-18(2)26-17-28/h7-17,27H,4-6H2,1-3H3. The molecule has 0 amide bonds. The number of anilines is 1. The summed E-state index contributed by atoms with van der Waals surface area (Å²) in [6.45, 7) is 4.01. The van der Waals surface area contributed by atoms with Gasteiger partial charge in [0.05, 0.1) is 35.4 Å². The average molecular weight is 450 g/mol. The number of hydrogen-bond donors (Lipinski definition) is 1. The highest BCUT2D eigenvalue weighted by molar-refractivity contribution is 7.97. The first kappa shape index (κ1) is 21.9. The molecule has 32 heavy (non-hydrogen) atoms. The number of rotatable bonds is 7. The quantitative estimate of drug-likeness (QED) is 0.534. The summed E-state index contributed by atoms with van der Waals surface area (Å²) in [6, 6.07) is 13.3. The number of nitrogens with zero attached hydrogens (tertiary/aromatic N) is 2. The lowest BCUT2D eigenvalue weighted by atomic mass is 9.98. The van der Waals surface area contributed by atoms with Crippen molar-refractivity contribution in [3.63, 3.8) is 0 Å². The Balaban J connectivity index is 1.63. The van der Waals surface area contributed by atoms with Crippen molar-refractivity contribution in [2.75, 3.05) is 11.8 Å². The number of methoxy groups -OCH3 is 1. The van der Waals surface area contributed by atoms with Gasteiger partial charge in [0.1, 0.15) is 5.75 Å². The highest BCUT2D eigenvalue weighted by Crippen LogP contribution is 2.34. The number of ether oxygens (including phenoxy) is 1. The third-order valence-electron chi connectivity index (χ3n) is 5.49. The summed E-state index contributed by atoms with van der Waals surface area (Å²) >= 11 is 0. The van der Waals surface area contributed by atoms with Crippen LogP contribution in [0.2, 0.25) is 0 Å². The summed E-state index contributed by atoms with van der Waals surface area (Å²) in [7, 11) is -2.22. The van der Waals surface area contributed by atoms with Crippen molar-refractivity contribution in [2.24, 2.45) is 0 Å². The molecule has 2 aromatic carbocycles. The van der Waals surface area contributed by atoms with Gasteiger partial charge < -0.3 is 9.30 Å². The second-order valence-corrected chi connectivity index (χ2v) is 9.38. The summed E-state index contributed by atoms with van der Waals surface area (Å²) in [5.74, 6) is 0.547. The van der Waals surface area contributed by atoms with Crippen LogP contribution < -0.4 is 9.46 Å². The molecule has 1 aromatic heterocycles. The average Bonchev–Trinajstić information content (AvgIpc) is 3.24. The van der Waals surface area contributed by atoms with E-state index in [9.17, 15) is 8.42 Å². The Morgan fingerprint density at radius 2 is 1.84 bits per heavy atom. The number of hydrogen-bond acceptors (Lipinski definition) is 4. The SMILES string of the molecule is CCc1ccc(C2=CCCC=C2S(=O)(=O)Nc2ccc(-n3cnc(C)c3)c(OC)c2)cc1. The molecule has 0 radical (unpaired) electrons. The first-order chi connectivity index (χ1) is 15.4. The molecule has 0 bridgehead atoms. The Hall–Kier alpha value is -3.32. The lowest BCUT2D eigenvalue weighted by Crippen LogP contribution is -2.17. The zero-order valence-corrected chi connectivity index (χ0v) is 19.3. The molecule has 4 rings (SSSR count). The Kier molecular flexibility index (Phi) is 6.19. The zero-order valence-electron chi connectivity index (χ0n) is 18.5. The molecule has 1 heterocycles. The molecular formula is C25H27N3O3S. The van der Waals surface area contributed by atoms with Crippen LogP contribution in [0.3, 0.4) is 0 Å². The Morgan fingerprint density at radius 3 is 2.50 bits per heavy atom. The second kappa shape index (κ2) is 9.04. The van der Waals surface area contributed by atoms with E-state index in [-0.39, 0.29) is 0 Å².